The summed E-state index contributed by atoms with van der Waals surface area (Å²) in [4.78, 5) is 26.7. The lowest BCUT2D eigenvalue weighted by atomic mass is 9.79. The number of rotatable bonds is 6. The molecule has 3 aromatic rings. The molecule has 188 valence electrons. The first-order chi connectivity index (χ1) is 17.8. The smallest absolute Gasteiger partial charge is 0.336 e. The van der Waals surface area contributed by atoms with Gasteiger partial charge in [0.2, 0.25) is 0 Å². The zero-order chi connectivity index (χ0) is 26.3. The van der Waals surface area contributed by atoms with Crippen molar-refractivity contribution in [3.8, 4) is 11.5 Å². The molecular weight excluding hydrogens is 649 g/mol. The van der Waals surface area contributed by atoms with Crippen LogP contribution in [0.4, 0.5) is 0 Å². The van der Waals surface area contributed by atoms with Gasteiger partial charge in [-0.05, 0) is 64.9 Å². The molecule has 0 amide bonds. The molecular formula is C29H23BrINO5. The summed E-state index contributed by atoms with van der Waals surface area (Å²) in [6.45, 7) is 2.18. The van der Waals surface area contributed by atoms with Gasteiger partial charge in [-0.15, -0.1) is 0 Å². The Kier molecular flexibility index (Phi) is 7.13. The summed E-state index contributed by atoms with van der Waals surface area (Å²) in [6, 6.07) is 19.2. The second-order valence-corrected chi connectivity index (χ2v) is 10.8. The van der Waals surface area contributed by atoms with Crippen molar-refractivity contribution >= 4 is 56.0 Å². The number of methoxy groups -OCH3 is 2. The molecule has 2 aliphatic rings. The summed E-state index contributed by atoms with van der Waals surface area (Å²) >= 11 is 5.95. The highest BCUT2D eigenvalue weighted by Gasteiger charge is 2.43. The van der Waals surface area contributed by atoms with Crippen LogP contribution < -0.4 is 14.8 Å². The fourth-order valence-corrected chi connectivity index (χ4v) is 5.72. The Morgan fingerprint density at radius 2 is 1.73 bits per heavy atom. The number of benzene rings is 3. The number of allylic oxidation sites excluding steroid dienone is 2. The lowest BCUT2D eigenvalue weighted by Crippen LogP contribution is -2.29. The van der Waals surface area contributed by atoms with Crippen LogP contribution in [-0.4, -0.2) is 26.0 Å². The Bertz CT molecular complexity index is 1490. The molecule has 1 N–H and O–H groups in total. The molecule has 1 heterocycles. The number of hydrogen-bond acceptors (Lipinski definition) is 6. The molecule has 0 fully saturated rings. The molecule has 0 saturated heterocycles. The van der Waals surface area contributed by atoms with Gasteiger partial charge in [-0.3, -0.25) is 4.79 Å². The lowest BCUT2D eigenvalue weighted by molar-refractivity contribution is -0.136. The van der Waals surface area contributed by atoms with Gasteiger partial charge in [-0.1, -0.05) is 52.3 Å². The van der Waals surface area contributed by atoms with E-state index >= 15 is 0 Å². The second-order valence-electron chi connectivity index (χ2n) is 8.69. The van der Waals surface area contributed by atoms with Crippen LogP contribution in [0.15, 0.2) is 82.0 Å². The van der Waals surface area contributed by atoms with Crippen LogP contribution in [0.3, 0.4) is 0 Å². The topological polar surface area (TPSA) is 73.9 Å². The van der Waals surface area contributed by atoms with Crippen LogP contribution in [0.5, 0.6) is 11.5 Å². The number of carbonyl (C=O) groups excluding carboxylic acids is 2. The van der Waals surface area contributed by atoms with E-state index in [2.05, 4.69) is 43.8 Å². The second kappa shape index (κ2) is 10.3. The SMILES string of the molecule is COC(=O)C1=C(C)NC2=C(C(=O)c3ccccc32)[C@H]1c1cc(OC)c(OCc2ccc(I)cc2)cc1Br. The standard InChI is InChI=1S/C29H23BrINO5/c1-15-24(29(34)36-3)25(26-27(32-15)18-6-4-5-7-19(18)28(26)33)20-12-22(35-2)23(13-21(20)30)37-14-16-8-10-17(31)11-9-16/h4-13,25,32H,14H2,1-3H3/t25-/m0/s1. The number of dihydropyridines is 1. The number of ketones is 1. The molecule has 1 aliphatic heterocycles. The average molecular weight is 672 g/mol. The van der Waals surface area contributed by atoms with E-state index < -0.39 is 11.9 Å². The fourth-order valence-electron chi connectivity index (χ4n) is 4.81. The Hall–Kier alpha value is -3.11. The molecule has 0 bridgehead atoms. The van der Waals surface area contributed by atoms with E-state index in [0.717, 1.165) is 14.7 Å². The predicted octanol–water partition coefficient (Wildman–Crippen LogP) is 6.38. The molecule has 0 radical (unpaired) electrons. The minimum Gasteiger partial charge on any atom is -0.493 e. The van der Waals surface area contributed by atoms with E-state index in [1.807, 2.05) is 61.5 Å². The largest absolute Gasteiger partial charge is 0.493 e. The van der Waals surface area contributed by atoms with E-state index in [9.17, 15) is 9.59 Å². The van der Waals surface area contributed by atoms with Gasteiger partial charge < -0.3 is 19.5 Å². The van der Waals surface area contributed by atoms with Gasteiger partial charge >= 0.3 is 5.97 Å². The Balaban J connectivity index is 1.60. The van der Waals surface area contributed by atoms with Crippen molar-refractivity contribution in [2.45, 2.75) is 19.4 Å². The Morgan fingerprint density at radius 3 is 2.41 bits per heavy atom. The maximum atomic E-state index is 13.6. The zero-order valence-electron chi connectivity index (χ0n) is 20.4. The maximum Gasteiger partial charge on any atom is 0.336 e. The van der Waals surface area contributed by atoms with Crippen LogP contribution in [-0.2, 0) is 16.1 Å². The van der Waals surface area contributed by atoms with Crippen molar-refractivity contribution in [1.82, 2.24) is 5.32 Å². The molecule has 0 saturated carbocycles. The van der Waals surface area contributed by atoms with Crippen molar-refractivity contribution in [2.75, 3.05) is 14.2 Å². The molecule has 1 atom stereocenters. The highest BCUT2D eigenvalue weighted by atomic mass is 127. The molecule has 6 nitrogen and oxygen atoms in total. The van der Waals surface area contributed by atoms with Gasteiger partial charge in [-0.25, -0.2) is 4.79 Å². The van der Waals surface area contributed by atoms with Crippen molar-refractivity contribution < 1.29 is 23.8 Å². The molecule has 3 aromatic carbocycles. The number of Topliss-reactive ketones (excluding diaryl/α,β-unsaturated/α-hetero) is 1. The number of nitrogens with one attached hydrogen (secondary N) is 1. The summed E-state index contributed by atoms with van der Waals surface area (Å²) in [7, 11) is 2.91. The molecule has 0 spiro atoms. The summed E-state index contributed by atoms with van der Waals surface area (Å²) in [5.74, 6) is -0.260. The minimum absolute atomic E-state index is 0.123. The van der Waals surface area contributed by atoms with Crippen LogP contribution in [0.2, 0.25) is 0 Å². The number of halogens is 2. The van der Waals surface area contributed by atoms with Gasteiger partial charge in [0.15, 0.2) is 17.3 Å². The van der Waals surface area contributed by atoms with Crippen LogP contribution >= 0.6 is 38.5 Å². The minimum atomic E-state index is -0.669. The summed E-state index contributed by atoms with van der Waals surface area (Å²) in [5, 5.41) is 3.30. The van der Waals surface area contributed by atoms with Gasteiger partial charge in [0.05, 0.1) is 31.4 Å². The van der Waals surface area contributed by atoms with E-state index in [1.54, 1.807) is 13.2 Å². The molecule has 1 aliphatic carbocycles. The van der Waals surface area contributed by atoms with Gasteiger partial charge in [-0.2, -0.15) is 0 Å². The van der Waals surface area contributed by atoms with E-state index in [-0.39, 0.29) is 5.78 Å². The van der Waals surface area contributed by atoms with Crippen molar-refractivity contribution in [3.63, 3.8) is 0 Å². The predicted molar refractivity (Wildman–Crippen MR) is 152 cm³/mol. The molecule has 5 rings (SSSR count). The van der Waals surface area contributed by atoms with Gasteiger partial charge in [0.25, 0.3) is 0 Å². The van der Waals surface area contributed by atoms with E-state index in [1.165, 1.54) is 7.11 Å². The normalized spacial score (nSPS) is 16.2. The number of fused-ring (bicyclic) bond motifs is 2. The average Bonchev–Trinajstić information content (AvgIpc) is 3.18. The third kappa shape index (κ3) is 4.57. The third-order valence-corrected chi connectivity index (χ3v) is 7.96. The first kappa shape index (κ1) is 25.5. The summed E-state index contributed by atoms with van der Waals surface area (Å²) < 4.78 is 18.8. The van der Waals surface area contributed by atoms with Crippen LogP contribution in [0.1, 0.15) is 39.9 Å². The molecule has 37 heavy (non-hydrogen) atoms. The van der Waals surface area contributed by atoms with Gasteiger partial charge in [0.1, 0.15) is 6.61 Å². The van der Waals surface area contributed by atoms with Crippen molar-refractivity contribution in [3.05, 3.63) is 108 Å². The van der Waals surface area contributed by atoms with Crippen molar-refractivity contribution in [2.24, 2.45) is 0 Å². The summed E-state index contributed by atoms with van der Waals surface area (Å²) in [6.07, 6.45) is 0. The lowest BCUT2D eigenvalue weighted by Gasteiger charge is -2.30. The maximum absolute atomic E-state index is 13.6. The number of hydrogen-bond donors (Lipinski definition) is 1. The fraction of sp³-hybridized carbons (Fsp3) is 0.172. The number of ether oxygens (including phenoxy) is 3. The molecule has 8 heteroatoms. The molecule has 0 unspecified atom stereocenters. The van der Waals surface area contributed by atoms with E-state index in [4.69, 9.17) is 14.2 Å². The Labute approximate surface area is 237 Å². The van der Waals surface area contributed by atoms with Gasteiger partial charge in [0, 0.05) is 30.4 Å². The van der Waals surface area contributed by atoms with Crippen LogP contribution in [0, 0.1) is 3.57 Å². The zero-order valence-corrected chi connectivity index (χ0v) is 24.1. The highest BCUT2D eigenvalue weighted by molar-refractivity contribution is 14.1. The quantitative estimate of drug-likeness (QED) is 0.242. The number of carbonyl (C=O) groups is 2. The third-order valence-electron chi connectivity index (χ3n) is 6.56. The summed E-state index contributed by atoms with van der Waals surface area (Å²) in [5.41, 5.74) is 5.36. The monoisotopic (exact) mass is 671 g/mol. The highest BCUT2D eigenvalue weighted by Crippen LogP contribution is 2.50. The van der Waals surface area contributed by atoms with Crippen molar-refractivity contribution in [1.29, 1.82) is 0 Å². The first-order valence-electron chi connectivity index (χ1n) is 11.5. The van der Waals surface area contributed by atoms with E-state index in [0.29, 0.717) is 56.2 Å². The number of esters is 1. The van der Waals surface area contributed by atoms with Crippen LogP contribution in [0.25, 0.3) is 5.70 Å². The molecule has 0 aromatic heterocycles. The first-order valence-corrected chi connectivity index (χ1v) is 13.4. The Morgan fingerprint density at radius 1 is 1.03 bits per heavy atom.